The number of halogens is 1. The Morgan fingerprint density at radius 3 is 2.29 bits per heavy atom. The number of hydrogen-bond acceptors (Lipinski definition) is 3. The number of carbonyl (C=O) groups is 2. The fourth-order valence-electron chi connectivity index (χ4n) is 1.66. The predicted octanol–water partition coefficient (Wildman–Crippen LogP) is 1.53. The van der Waals surface area contributed by atoms with Crippen LogP contribution < -0.4 is 10.6 Å². The van der Waals surface area contributed by atoms with E-state index in [1.807, 2.05) is 0 Å². The molecule has 21 heavy (non-hydrogen) atoms. The first-order valence-corrected chi connectivity index (χ1v) is 6.63. The lowest BCUT2D eigenvalue weighted by Gasteiger charge is -2.06. The van der Waals surface area contributed by atoms with Gasteiger partial charge in [0.05, 0.1) is 5.02 Å². The van der Waals surface area contributed by atoms with E-state index < -0.39 is 0 Å². The Morgan fingerprint density at radius 1 is 1.10 bits per heavy atom. The minimum Gasteiger partial charge on any atom is -0.508 e. The molecule has 2 rings (SSSR count). The van der Waals surface area contributed by atoms with Crippen molar-refractivity contribution in [3.05, 3.63) is 52.8 Å². The number of aromatic hydroxyl groups is 1. The molecule has 0 saturated carbocycles. The van der Waals surface area contributed by atoms with Crippen LogP contribution in [-0.4, -0.2) is 35.0 Å². The number of aromatic amines is 1. The maximum absolute atomic E-state index is 11.7. The molecule has 0 aliphatic carbocycles. The molecular formula is C14H14ClN3O3. The monoisotopic (exact) mass is 307 g/mol. The fraction of sp³-hybridized carbons (Fsp3) is 0.143. The highest BCUT2D eigenvalue weighted by Crippen LogP contribution is 2.09. The molecule has 0 bridgehead atoms. The molecule has 110 valence electrons. The summed E-state index contributed by atoms with van der Waals surface area (Å²) in [6.45, 7) is 0.583. The highest BCUT2D eigenvalue weighted by atomic mass is 35.5. The number of nitrogens with one attached hydrogen (secondary N) is 3. The van der Waals surface area contributed by atoms with Crippen molar-refractivity contribution in [3.8, 4) is 5.75 Å². The van der Waals surface area contributed by atoms with Crippen LogP contribution >= 0.6 is 11.6 Å². The van der Waals surface area contributed by atoms with Gasteiger partial charge >= 0.3 is 0 Å². The molecule has 0 spiro atoms. The molecule has 1 aromatic carbocycles. The molecule has 2 aromatic rings. The van der Waals surface area contributed by atoms with Gasteiger partial charge < -0.3 is 20.7 Å². The third-order valence-corrected chi connectivity index (χ3v) is 2.94. The summed E-state index contributed by atoms with van der Waals surface area (Å²) in [6.07, 6.45) is 1.52. The van der Waals surface area contributed by atoms with Gasteiger partial charge in [0, 0.05) is 24.8 Å². The minimum absolute atomic E-state index is 0.100. The van der Waals surface area contributed by atoms with Crippen molar-refractivity contribution in [1.29, 1.82) is 0 Å². The van der Waals surface area contributed by atoms with Crippen LogP contribution in [0.4, 0.5) is 0 Å². The Kier molecular flexibility index (Phi) is 4.84. The van der Waals surface area contributed by atoms with Gasteiger partial charge in [-0.05, 0) is 30.3 Å². The zero-order chi connectivity index (χ0) is 15.2. The second-order valence-electron chi connectivity index (χ2n) is 4.29. The normalized spacial score (nSPS) is 10.1. The second kappa shape index (κ2) is 6.81. The minimum atomic E-state index is -0.291. The van der Waals surface area contributed by atoms with E-state index in [4.69, 9.17) is 16.7 Å². The molecular weight excluding hydrogens is 294 g/mol. The van der Waals surface area contributed by atoms with Gasteiger partial charge in [-0.15, -0.1) is 0 Å². The summed E-state index contributed by atoms with van der Waals surface area (Å²) in [5, 5.41) is 14.9. The average molecular weight is 308 g/mol. The van der Waals surface area contributed by atoms with Crippen molar-refractivity contribution < 1.29 is 14.7 Å². The lowest BCUT2D eigenvalue weighted by Crippen LogP contribution is -2.34. The maximum atomic E-state index is 11.7. The molecule has 1 heterocycles. The van der Waals surface area contributed by atoms with Gasteiger partial charge in [0.15, 0.2) is 0 Å². The summed E-state index contributed by atoms with van der Waals surface area (Å²) >= 11 is 5.70. The van der Waals surface area contributed by atoms with E-state index in [9.17, 15) is 9.59 Å². The predicted molar refractivity (Wildman–Crippen MR) is 78.6 cm³/mol. The highest BCUT2D eigenvalue weighted by molar-refractivity contribution is 6.30. The van der Waals surface area contributed by atoms with E-state index in [2.05, 4.69) is 15.6 Å². The zero-order valence-electron chi connectivity index (χ0n) is 11.0. The Labute approximate surface area is 126 Å². The summed E-state index contributed by atoms with van der Waals surface area (Å²) in [5.74, 6) is -0.462. The Balaban J connectivity index is 1.73. The lowest BCUT2D eigenvalue weighted by atomic mass is 10.2. The second-order valence-corrected chi connectivity index (χ2v) is 4.73. The van der Waals surface area contributed by atoms with Crippen LogP contribution in [0.3, 0.4) is 0 Å². The summed E-state index contributed by atoms with van der Waals surface area (Å²) in [7, 11) is 0. The molecule has 0 saturated heterocycles. The number of phenolic OH excluding ortho intramolecular Hbond substituents is 1. The van der Waals surface area contributed by atoms with Gasteiger partial charge in [0.2, 0.25) is 0 Å². The molecule has 4 N–H and O–H groups in total. The topological polar surface area (TPSA) is 94.2 Å². The number of H-pyrrole nitrogens is 1. The van der Waals surface area contributed by atoms with Gasteiger partial charge in [-0.3, -0.25) is 9.59 Å². The average Bonchev–Trinajstić information content (AvgIpc) is 2.90. The SMILES string of the molecule is O=C(NCCNC(=O)c1cc(Cl)c[nH]1)c1ccc(O)cc1. The largest absolute Gasteiger partial charge is 0.508 e. The van der Waals surface area contributed by atoms with Crippen LogP contribution in [0.5, 0.6) is 5.75 Å². The molecule has 0 radical (unpaired) electrons. The summed E-state index contributed by atoms with van der Waals surface area (Å²) in [4.78, 5) is 26.1. The number of phenols is 1. The van der Waals surface area contributed by atoms with Gasteiger partial charge in [0.25, 0.3) is 11.8 Å². The van der Waals surface area contributed by atoms with E-state index in [1.54, 1.807) is 0 Å². The molecule has 0 unspecified atom stereocenters. The summed E-state index contributed by atoms with van der Waals surface area (Å²) in [5.41, 5.74) is 0.806. The molecule has 0 atom stereocenters. The number of rotatable bonds is 5. The van der Waals surface area contributed by atoms with Crippen LogP contribution in [0, 0.1) is 0 Å². The Hall–Kier alpha value is -2.47. The Bertz CT molecular complexity index is 637. The van der Waals surface area contributed by atoms with Gasteiger partial charge in [-0.25, -0.2) is 0 Å². The van der Waals surface area contributed by atoms with Crippen LogP contribution in [0.2, 0.25) is 5.02 Å². The number of benzene rings is 1. The van der Waals surface area contributed by atoms with Crippen molar-refractivity contribution in [2.75, 3.05) is 13.1 Å². The van der Waals surface area contributed by atoms with E-state index in [0.717, 1.165) is 0 Å². The highest BCUT2D eigenvalue weighted by Gasteiger charge is 2.08. The number of aromatic nitrogens is 1. The quantitative estimate of drug-likeness (QED) is 0.631. The molecule has 0 fully saturated rings. The first-order chi connectivity index (χ1) is 10.1. The molecule has 0 aliphatic heterocycles. The lowest BCUT2D eigenvalue weighted by molar-refractivity contribution is 0.0925. The number of hydrogen-bond donors (Lipinski definition) is 4. The molecule has 1 aromatic heterocycles. The third kappa shape index (κ3) is 4.25. The zero-order valence-corrected chi connectivity index (χ0v) is 11.8. The first-order valence-electron chi connectivity index (χ1n) is 6.25. The van der Waals surface area contributed by atoms with Gasteiger partial charge in [0.1, 0.15) is 11.4 Å². The van der Waals surface area contributed by atoms with E-state index in [1.165, 1.54) is 36.5 Å². The summed E-state index contributed by atoms with van der Waals surface area (Å²) < 4.78 is 0. The Morgan fingerprint density at radius 2 is 1.71 bits per heavy atom. The maximum Gasteiger partial charge on any atom is 0.267 e. The first kappa shape index (κ1) is 14.9. The molecule has 0 aliphatic rings. The van der Waals surface area contributed by atoms with Crippen LogP contribution in [0.25, 0.3) is 0 Å². The number of amides is 2. The molecule has 7 heteroatoms. The van der Waals surface area contributed by atoms with E-state index in [-0.39, 0.29) is 17.6 Å². The smallest absolute Gasteiger partial charge is 0.267 e. The third-order valence-electron chi connectivity index (χ3n) is 2.72. The van der Waals surface area contributed by atoms with Crippen molar-refractivity contribution in [2.45, 2.75) is 0 Å². The van der Waals surface area contributed by atoms with E-state index in [0.29, 0.717) is 29.4 Å². The van der Waals surface area contributed by atoms with Gasteiger partial charge in [-0.2, -0.15) is 0 Å². The van der Waals surface area contributed by atoms with Crippen molar-refractivity contribution in [1.82, 2.24) is 15.6 Å². The number of carbonyl (C=O) groups excluding carboxylic acids is 2. The van der Waals surface area contributed by atoms with Crippen LogP contribution in [0.15, 0.2) is 36.5 Å². The van der Waals surface area contributed by atoms with Crippen molar-refractivity contribution in [3.63, 3.8) is 0 Å². The van der Waals surface area contributed by atoms with E-state index >= 15 is 0 Å². The van der Waals surface area contributed by atoms with Crippen LogP contribution in [0.1, 0.15) is 20.8 Å². The standard InChI is InChI=1S/C14H14ClN3O3/c15-10-7-12(18-8-10)14(21)17-6-5-16-13(20)9-1-3-11(19)4-2-9/h1-4,7-8,18-19H,5-6H2,(H,16,20)(H,17,21). The molecule has 2 amide bonds. The van der Waals surface area contributed by atoms with Crippen LogP contribution in [-0.2, 0) is 0 Å². The fourth-order valence-corrected chi connectivity index (χ4v) is 1.82. The molecule has 6 nitrogen and oxygen atoms in total. The summed E-state index contributed by atoms with van der Waals surface area (Å²) in [6, 6.07) is 7.43. The van der Waals surface area contributed by atoms with Gasteiger partial charge in [-0.1, -0.05) is 11.6 Å². The van der Waals surface area contributed by atoms with Crippen molar-refractivity contribution >= 4 is 23.4 Å². The van der Waals surface area contributed by atoms with Crippen molar-refractivity contribution in [2.24, 2.45) is 0 Å².